The third-order valence-electron chi connectivity index (χ3n) is 3.59. The van der Waals surface area contributed by atoms with Crippen LogP contribution in [0.3, 0.4) is 0 Å². The zero-order chi connectivity index (χ0) is 16.9. The largest absolute Gasteiger partial charge is 0.350 e. The Bertz CT molecular complexity index is 885. The maximum absolute atomic E-state index is 14.1. The second-order valence-electron chi connectivity index (χ2n) is 5.18. The number of hydrogen-bond donors (Lipinski definition) is 1. The molecule has 3 rings (SSSR count). The number of fused-ring (bicyclic) bond motifs is 1. The predicted octanol–water partition coefficient (Wildman–Crippen LogP) is 3.53. The van der Waals surface area contributed by atoms with Crippen LogP contribution < -0.4 is 5.32 Å². The number of carbonyl (C=O) groups excluding carboxylic acids is 1. The monoisotopic (exact) mass is 341 g/mol. The van der Waals surface area contributed by atoms with E-state index in [9.17, 15) is 9.18 Å². The Labute approximate surface area is 143 Å². The summed E-state index contributed by atoms with van der Waals surface area (Å²) in [6, 6.07) is 9.91. The minimum atomic E-state index is -0.344. The molecule has 24 heavy (non-hydrogen) atoms. The van der Waals surface area contributed by atoms with Gasteiger partial charge in [0.05, 0.1) is 5.52 Å². The van der Waals surface area contributed by atoms with Crippen molar-refractivity contribution in [2.45, 2.75) is 0 Å². The first-order valence-electron chi connectivity index (χ1n) is 7.47. The second kappa shape index (κ2) is 7.40. The number of aromatic nitrogens is 2. The molecule has 1 N–H and O–H groups in total. The molecule has 3 aromatic rings. The molecule has 6 heteroatoms. The first-order chi connectivity index (χ1) is 11.7. The van der Waals surface area contributed by atoms with Crippen LogP contribution in [0.15, 0.2) is 48.8 Å². The van der Waals surface area contributed by atoms with Crippen LogP contribution >= 0.6 is 11.8 Å². The van der Waals surface area contributed by atoms with E-state index in [-0.39, 0.29) is 11.7 Å². The second-order valence-corrected chi connectivity index (χ2v) is 6.17. The average molecular weight is 341 g/mol. The fourth-order valence-electron chi connectivity index (χ4n) is 2.40. The minimum Gasteiger partial charge on any atom is -0.350 e. The first-order valence-corrected chi connectivity index (χ1v) is 8.87. The zero-order valence-electron chi connectivity index (χ0n) is 13.1. The van der Waals surface area contributed by atoms with Crippen LogP contribution in [0.1, 0.15) is 10.5 Å². The van der Waals surface area contributed by atoms with Gasteiger partial charge in [-0.05, 0) is 24.5 Å². The number of hydrogen-bond acceptors (Lipinski definition) is 4. The molecule has 0 fully saturated rings. The maximum Gasteiger partial charge on any atom is 0.269 e. The van der Waals surface area contributed by atoms with E-state index < -0.39 is 0 Å². The van der Waals surface area contributed by atoms with E-state index in [0.717, 1.165) is 11.1 Å². The Balaban J connectivity index is 2.04. The summed E-state index contributed by atoms with van der Waals surface area (Å²) in [7, 11) is 0. The lowest BCUT2D eigenvalue weighted by Gasteiger charge is -2.09. The molecular formula is C18H16FN3OS. The third-order valence-corrected chi connectivity index (χ3v) is 4.20. The molecule has 2 aromatic heterocycles. The van der Waals surface area contributed by atoms with Crippen molar-refractivity contribution in [1.29, 1.82) is 0 Å². The Morgan fingerprint density at radius 3 is 2.79 bits per heavy atom. The van der Waals surface area contributed by atoms with Crippen LogP contribution in [0.4, 0.5) is 4.39 Å². The number of benzene rings is 1. The van der Waals surface area contributed by atoms with Crippen molar-refractivity contribution in [1.82, 2.24) is 15.3 Å². The quantitative estimate of drug-likeness (QED) is 0.721. The van der Waals surface area contributed by atoms with Crippen LogP contribution in [0.2, 0.25) is 0 Å². The molecule has 4 nitrogen and oxygen atoms in total. The molecule has 122 valence electrons. The summed E-state index contributed by atoms with van der Waals surface area (Å²) >= 11 is 1.66. The summed E-state index contributed by atoms with van der Waals surface area (Å²) in [5.41, 5.74) is 1.87. The Kier molecular flexibility index (Phi) is 5.05. The van der Waals surface area contributed by atoms with Gasteiger partial charge in [0.15, 0.2) is 0 Å². The van der Waals surface area contributed by atoms with Crippen molar-refractivity contribution in [3.63, 3.8) is 0 Å². The number of amides is 1. The SMILES string of the molecule is CSCCNC(=O)c1ccc2cncc(-c3ccccc3F)c2n1. The molecule has 2 heterocycles. The molecule has 0 atom stereocenters. The number of thioether (sulfide) groups is 1. The highest BCUT2D eigenvalue weighted by Gasteiger charge is 2.13. The molecular weight excluding hydrogens is 325 g/mol. The summed E-state index contributed by atoms with van der Waals surface area (Å²) in [6.07, 6.45) is 5.21. The van der Waals surface area contributed by atoms with Crippen molar-refractivity contribution in [2.75, 3.05) is 18.6 Å². The van der Waals surface area contributed by atoms with Crippen LogP contribution in [0.5, 0.6) is 0 Å². The lowest BCUT2D eigenvalue weighted by molar-refractivity contribution is 0.0951. The molecule has 0 saturated heterocycles. The summed E-state index contributed by atoms with van der Waals surface area (Å²) in [6.45, 7) is 0.580. The third kappa shape index (κ3) is 3.38. The smallest absolute Gasteiger partial charge is 0.269 e. The fourth-order valence-corrected chi connectivity index (χ4v) is 2.71. The highest BCUT2D eigenvalue weighted by Crippen LogP contribution is 2.28. The molecule has 0 aliphatic heterocycles. The van der Waals surface area contributed by atoms with E-state index in [1.54, 1.807) is 54.5 Å². The van der Waals surface area contributed by atoms with Gasteiger partial charge < -0.3 is 5.32 Å². The van der Waals surface area contributed by atoms with Gasteiger partial charge in [-0.15, -0.1) is 0 Å². The molecule has 0 aliphatic rings. The average Bonchev–Trinajstić information content (AvgIpc) is 2.61. The normalized spacial score (nSPS) is 10.8. The molecule has 0 bridgehead atoms. The van der Waals surface area contributed by atoms with Crippen molar-refractivity contribution in [3.05, 3.63) is 60.3 Å². The van der Waals surface area contributed by atoms with E-state index >= 15 is 0 Å². The molecule has 1 amide bonds. The van der Waals surface area contributed by atoms with Gasteiger partial charge in [-0.3, -0.25) is 9.78 Å². The Hall–Kier alpha value is -2.47. The lowest BCUT2D eigenvalue weighted by Crippen LogP contribution is -2.26. The highest BCUT2D eigenvalue weighted by atomic mass is 32.2. The van der Waals surface area contributed by atoms with Crippen LogP contribution in [-0.2, 0) is 0 Å². The number of halogens is 1. The molecule has 0 aliphatic carbocycles. The molecule has 0 spiro atoms. The van der Waals surface area contributed by atoms with Crippen LogP contribution in [0, 0.1) is 5.82 Å². The zero-order valence-corrected chi connectivity index (χ0v) is 13.9. The number of rotatable bonds is 5. The summed E-state index contributed by atoms with van der Waals surface area (Å²) in [5.74, 6) is 0.259. The van der Waals surface area contributed by atoms with Gasteiger partial charge in [0.2, 0.25) is 0 Å². The number of carbonyl (C=O) groups is 1. The first kappa shape index (κ1) is 16.4. The minimum absolute atomic E-state index is 0.234. The van der Waals surface area contributed by atoms with Crippen molar-refractivity contribution in [2.24, 2.45) is 0 Å². The van der Waals surface area contributed by atoms with E-state index in [0.29, 0.717) is 28.9 Å². The van der Waals surface area contributed by atoms with E-state index in [1.807, 2.05) is 6.26 Å². The topological polar surface area (TPSA) is 54.9 Å². The van der Waals surface area contributed by atoms with Crippen molar-refractivity contribution in [3.8, 4) is 11.1 Å². The number of nitrogens with zero attached hydrogens (tertiary/aromatic N) is 2. The van der Waals surface area contributed by atoms with E-state index in [4.69, 9.17) is 0 Å². The van der Waals surface area contributed by atoms with Gasteiger partial charge in [0.1, 0.15) is 11.5 Å². The summed E-state index contributed by atoms with van der Waals surface area (Å²) < 4.78 is 14.1. The van der Waals surface area contributed by atoms with Crippen LogP contribution in [0.25, 0.3) is 22.0 Å². The fraction of sp³-hybridized carbons (Fsp3) is 0.167. The van der Waals surface area contributed by atoms with Crippen LogP contribution in [-0.4, -0.2) is 34.4 Å². The Morgan fingerprint density at radius 1 is 1.17 bits per heavy atom. The van der Waals surface area contributed by atoms with Gasteiger partial charge in [0.25, 0.3) is 5.91 Å². The molecule has 0 unspecified atom stereocenters. The molecule has 0 saturated carbocycles. The van der Waals surface area contributed by atoms with Gasteiger partial charge >= 0.3 is 0 Å². The van der Waals surface area contributed by atoms with Gasteiger partial charge in [-0.2, -0.15) is 11.8 Å². The maximum atomic E-state index is 14.1. The van der Waals surface area contributed by atoms with Crippen molar-refractivity contribution >= 4 is 28.6 Å². The predicted molar refractivity (Wildman–Crippen MR) is 95.6 cm³/mol. The highest BCUT2D eigenvalue weighted by molar-refractivity contribution is 7.98. The Morgan fingerprint density at radius 2 is 2.00 bits per heavy atom. The van der Waals surface area contributed by atoms with Gasteiger partial charge in [-0.25, -0.2) is 9.37 Å². The van der Waals surface area contributed by atoms with Gasteiger partial charge in [0, 0.05) is 41.2 Å². The molecule has 1 aromatic carbocycles. The van der Waals surface area contributed by atoms with E-state index in [1.165, 1.54) is 6.07 Å². The molecule has 0 radical (unpaired) electrons. The number of nitrogens with one attached hydrogen (secondary N) is 1. The standard InChI is InChI=1S/C18H16FN3OS/c1-24-9-8-21-18(23)16-7-6-12-10-20-11-14(17(12)22-16)13-4-2-3-5-15(13)19/h2-7,10-11H,8-9H2,1H3,(H,21,23). The number of pyridine rings is 2. The van der Waals surface area contributed by atoms with E-state index in [2.05, 4.69) is 15.3 Å². The lowest BCUT2D eigenvalue weighted by atomic mass is 10.0. The summed E-state index contributed by atoms with van der Waals surface area (Å²) in [5, 5.41) is 3.58. The van der Waals surface area contributed by atoms with Gasteiger partial charge in [-0.1, -0.05) is 18.2 Å². The van der Waals surface area contributed by atoms with Crippen molar-refractivity contribution < 1.29 is 9.18 Å². The summed E-state index contributed by atoms with van der Waals surface area (Å²) in [4.78, 5) is 20.8.